The lowest BCUT2D eigenvalue weighted by Crippen LogP contribution is -2.48. The van der Waals surface area contributed by atoms with Gasteiger partial charge in [-0.1, -0.05) is 0 Å². The Kier molecular flexibility index (Phi) is 5.17. The maximum Gasteiger partial charge on any atom is 0.246 e. The number of sulfonamides is 1. The lowest BCUT2D eigenvalue weighted by Gasteiger charge is -2.34. The van der Waals surface area contributed by atoms with Gasteiger partial charge in [0, 0.05) is 32.7 Å². The molecule has 8 nitrogen and oxygen atoms in total. The molecule has 1 aromatic rings. The van der Waals surface area contributed by atoms with Crippen molar-refractivity contribution in [2.24, 2.45) is 5.92 Å². The Morgan fingerprint density at radius 1 is 1.32 bits per heavy atom. The Hall–Kier alpha value is -1.45. The van der Waals surface area contributed by atoms with E-state index in [-0.39, 0.29) is 29.3 Å². The Bertz CT molecular complexity index is 719. The Balaban J connectivity index is 1.75. The van der Waals surface area contributed by atoms with Crippen LogP contribution in [0.2, 0.25) is 0 Å². The molecular formula is C16H27N5O3S. The summed E-state index contributed by atoms with van der Waals surface area (Å²) in [6, 6.07) is 0.206. The zero-order valence-electron chi connectivity index (χ0n) is 15.1. The van der Waals surface area contributed by atoms with Crippen molar-refractivity contribution in [3.8, 4) is 0 Å². The lowest BCUT2D eigenvalue weighted by molar-refractivity contribution is -0.137. The Morgan fingerprint density at radius 2 is 2.08 bits per heavy atom. The molecule has 2 saturated heterocycles. The van der Waals surface area contributed by atoms with Crippen LogP contribution in [-0.2, 0) is 14.8 Å². The molecule has 2 unspecified atom stereocenters. The van der Waals surface area contributed by atoms with E-state index in [0.717, 1.165) is 25.9 Å². The molecule has 2 N–H and O–H groups in total. The van der Waals surface area contributed by atoms with Crippen molar-refractivity contribution in [3.05, 3.63) is 11.4 Å². The van der Waals surface area contributed by atoms with Crippen LogP contribution in [0, 0.1) is 19.8 Å². The van der Waals surface area contributed by atoms with Gasteiger partial charge in [0.1, 0.15) is 4.90 Å². The number of nitrogens with one attached hydrogen (secondary N) is 2. The number of carbonyl (C=O) groups is 1. The van der Waals surface area contributed by atoms with E-state index in [4.69, 9.17) is 0 Å². The first kappa shape index (κ1) is 18.3. The standard InChI is InChI=1S/C16H27N5O3S/c1-11-15(12(2)19-18-11)25(23,24)21-8-4-5-13(10-21)16(22)20(3)14-6-7-17-9-14/h13-14,17H,4-10H2,1-3H3,(H,18,19). The number of aryl methyl sites for hydroxylation is 2. The number of aromatic amines is 1. The van der Waals surface area contributed by atoms with Crippen molar-refractivity contribution >= 4 is 15.9 Å². The number of carbonyl (C=O) groups excluding carboxylic acids is 1. The molecule has 140 valence electrons. The minimum absolute atomic E-state index is 0.0502. The van der Waals surface area contributed by atoms with Crippen molar-refractivity contribution in [2.45, 2.75) is 44.0 Å². The molecular weight excluding hydrogens is 342 g/mol. The van der Waals surface area contributed by atoms with E-state index >= 15 is 0 Å². The van der Waals surface area contributed by atoms with Crippen molar-refractivity contribution < 1.29 is 13.2 Å². The average molecular weight is 369 g/mol. The van der Waals surface area contributed by atoms with Crippen LogP contribution >= 0.6 is 0 Å². The van der Waals surface area contributed by atoms with Crippen LogP contribution in [0.4, 0.5) is 0 Å². The van der Waals surface area contributed by atoms with E-state index < -0.39 is 10.0 Å². The number of nitrogens with zero attached hydrogens (tertiary/aromatic N) is 3. The number of amides is 1. The average Bonchev–Trinajstić information content (AvgIpc) is 3.24. The van der Waals surface area contributed by atoms with Crippen molar-refractivity contribution in [2.75, 3.05) is 33.2 Å². The van der Waals surface area contributed by atoms with Gasteiger partial charge in [-0.3, -0.25) is 9.89 Å². The van der Waals surface area contributed by atoms with Gasteiger partial charge >= 0.3 is 0 Å². The molecule has 0 saturated carbocycles. The highest BCUT2D eigenvalue weighted by Gasteiger charge is 2.37. The number of rotatable bonds is 4. The van der Waals surface area contributed by atoms with Crippen LogP contribution in [0.1, 0.15) is 30.7 Å². The maximum atomic E-state index is 13.0. The second-order valence-corrected chi connectivity index (χ2v) is 8.94. The van der Waals surface area contributed by atoms with Gasteiger partial charge in [-0.25, -0.2) is 8.42 Å². The molecule has 0 spiro atoms. The van der Waals surface area contributed by atoms with Crippen LogP contribution in [0.3, 0.4) is 0 Å². The zero-order valence-corrected chi connectivity index (χ0v) is 15.9. The molecule has 0 radical (unpaired) electrons. The van der Waals surface area contributed by atoms with Gasteiger partial charge in [-0.15, -0.1) is 0 Å². The van der Waals surface area contributed by atoms with Gasteiger partial charge in [0.2, 0.25) is 15.9 Å². The fraction of sp³-hybridized carbons (Fsp3) is 0.750. The molecule has 9 heteroatoms. The first-order valence-electron chi connectivity index (χ1n) is 8.81. The SMILES string of the molecule is Cc1n[nH]c(C)c1S(=O)(=O)N1CCCC(C(=O)N(C)C2CCNC2)C1. The van der Waals surface area contributed by atoms with Crippen LogP contribution in [0.5, 0.6) is 0 Å². The monoisotopic (exact) mass is 369 g/mol. The number of hydrogen-bond donors (Lipinski definition) is 2. The second kappa shape index (κ2) is 7.05. The fourth-order valence-corrected chi connectivity index (χ4v) is 5.71. The predicted octanol–water partition coefficient (Wildman–Crippen LogP) is 0.248. The number of aromatic nitrogens is 2. The molecule has 3 heterocycles. The number of H-pyrrole nitrogens is 1. The maximum absolute atomic E-state index is 13.0. The molecule has 0 bridgehead atoms. The molecule has 2 fully saturated rings. The molecule has 1 amide bonds. The van der Waals surface area contributed by atoms with Gasteiger partial charge in [-0.2, -0.15) is 9.40 Å². The van der Waals surface area contributed by atoms with E-state index in [2.05, 4.69) is 15.5 Å². The van der Waals surface area contributed by atoms with E-state index in [9.17, 15) is 13.2 Å². The first-order chi connectivity index (χ1) is 11.8. The zero-order chi connectivity index (χ0) is 18.2. The molecule has 1 aromatic heterocycles. The Morgan fingerprint density at radius 3 is 2.68 bits per heavy atom. The van der Waals surface area contributed by atoms with Gasteiger partial charge in [-0.05, 0) is 39.7 Å². The van der Waals surface area contributed by atoms with Gasteiger partial charge < -0.3 is 10.2 Å². The molecule has 0 aromatic carbocycles. The third kappa shape index (κ3) is 3.45. The van der Waals surface area contributed by atoms with Crippen LogP contribution < -0.4 is 5.32 Å². The van der Waals surface area contributed by atoms with Crippen LogP contribution in [-0.4, -0.2) is 73.0 Å². The van der Waals surface area contributed by atoms with Crippen molar-refractivity contribution in [1.82, 2.24) is 24.7 Å². The van der Waals surface area contributed by atoms with Gasteiger partial charge in [0.05, 0.1) is 17.3 Å². The quantitative estimate of drug-likeness (QED) is 0.793. The molecule has 3 rings (SSSR count). The van der Waals surface area contributed by atoms with Crippen molar-refractivity contribution in [1.29, 1.82) is 0 Å². The molecule has 2 aliphatic rings. The Labute approximate surface area is 149 Å². The van der Waals surface area contributed by atoms with E-state index in [1.807, 2.05) is 7.05 Å². The summed E-state index contributed by atoms with van der Waals surface area (Å²) >= 11 is 0. The summed E-state index contributed by atoms with van der Waals surface area (Å²) in [5, 5.41) is 10.00. The summed E-state index contributed by atoms with van der Waals surface area (Å²) in [4.78, 5) is 14.9. The fourth-order valence-electron chi connectivity index (χ4n) is 3.85. The van der Waals surface area contributed by atoms with Crippen molar-refractivity contribution in [3.63, 3.8) is 0 Å². The molecule has 25 heavy (non-hydrogen) atoms. The number of hydrogen-bond acceptors (Lipinski definition) is 5. The highest BCUT2D eigenvalue weighted by atomic mass is 32.2. The van der Waals surface area contributed by atoms with Gasteiger partial charge in [0.15, 0.2) is 0 Å². The van der Waals surface area contributed by atoms with E-state index in [1.54, 1.807) is 18.7 Å². The number of likely N-dealkylation sites (N-methyl/N-ethyl adjacent to an activating group) is 1. The van der Waals surface area contributed by atoms with Gasteiger partial charge in [0.25, 0.3) is 0 Å². The molecule has 0 aliphatic carbocycles. The third-order valence-electron chi connectivity index (χ3n) is 5.32. The first-order valence-corrected chi connectivity index (χ1v) is 10.3. The predicted molar refractivity (Wildman–Crippen MR) is 93.6 cm³/mol. The molecule has 2 aliphatic heterocycles. The summed E-state index contributed by atoms with van der Waals surface area (Å²) in [6.45, 7) is 5.82. The smallest absolute Gasteiger partial charge is 0.246 e. The van der Waals surface area contributed by atoms with E-state index in [0.29, 0.717) is 24.4 Å². The normalized spacial score (nSPS) is 25.2. The highest BCUT2D eigenvalue weighted by molar-refractivity contribution is 7.89. The van der Waals surface area contributed by atoms with Crippen LogP contribution in [0.25, 0.3) is 0 Å². The highest BCUT2D eigenvalue weighted by Crippen LogP contribution is 2.28. The minimum atomic E-state index is -3.63. The minimum Gasteiger partial charge on any atom is -0.341 e. The summed E-state index contributed by atoms with van der Waals surface area (Å²) in [5.41, 5.74) is 1.01. The number of piperidine rings is 1. The summed E-state index contributed by atoms with van der Waals surface area (Å²) < 4.78 is 27.5. The summed E-state index contributed by atoms with van der Waals surface area (Å²) in [6.07, 6.45) is 2.38. The lowest BCUT2D eigenvalue weighted by atomic mass is 9.97. The van der Waals surface area contributed by atoms with E-state index in [1.165, 1.54) is 4.31 Å². The third-order valence-corrected chi connectivity index (χ3v) is 7.45. The topological polar surface area (TPSA) is 98.4 Å². The second-order valence-electron chi connectivity index (χ2n) is 7.06. The summed E-state index contributed by atoms with van der Waals surface area (Å²) in [5.74, 6) is -0.226. The largest absolute Gasteiger partial charge is 0.341 e. The summed E-state index contributed by atoms with van der Waals surface area (Å²) in [7, 11) is -1.80. The molecule has 2 atom stereocenters. The van der Waals surface area contributed by atoms with Crippen LogP contribution in [0.15, 0.2) is 4.90 Å².